The van der Waals surface area contributed by atoms with Gasteiger partial charge in [0, 0.05) is 5.56 Å². The maximum Gasteiger partial charge on any atom is 0.296 e. The predicted octanol–water partition coefficient (Wildman–Crippen LogP) is 1.57. The second-order valence-electron chi connectivity index (χ2n) is 2.95. The number of alkyl halides is 1. The molecule has 2 rings (SSSR count). The van der Waals surface area contributed by atoms with Gasteiger partial charge in [-0.2, -0.15) is 0 Å². The summed E-state index contributed by atoms with van der Waals surface area (Å²) in [5.41, 5.74) is 1.61. The standard InChI is InChI=1S/C11H6BrNO2/c12-6-2-4-7-3-1-5-8-9(7)13-11(15)10(8)14/h1,3,5H,6H2,(H,13,14,15). The number of anilines is 1. The summed E-state index contributed by atoms with van der Waals surface area (Å²) < 4.78 is 0. The molecule has 1 aromatic rings. The second-order valence-corrected chi connectivity index (χ2v) is 3.51. The first-order valence-corrected chi connectivity index (χ1v) is 5.39. The lowest BCUT2D eigenvalue weighted by Gasteiger charge is -1.99. The van der Waals surface area contributed by atoms with Gasteiger partial charge < -0.3 is 5.32 Å². The fourth-order valence-corrected chi connectivity index (χ4v) is 1.54. The van der Waals surface area contributed by atoms with Crippen molar-refractivity contribution in [1.82, 2.24) is 0 Å². The number of hydrogen-bond acceptors (Lipinski definition) is 2. The van der Waals surface area contributed by atoms with E-state index in [1.807, 2.05) is 0 Å². The monoisotopic (exact) mass is 263 g/mol. The number of carbonyl (C=O) groups is 2. The van der Waals surface area contributed by atoms with E-state index < -0.39 is 11.7 Å². The van der Waals surface area contributed by atoms with E-state index in [0.717, 1.165) is 0 Å². The Bertz CT molecular complexity index is 511. The fourth-order valence-electron chi connectivity index (χ4n) is 1.40. The first-order chi connectivity index (χ1) is 7.24. The van der Waals surface area contributed by atoms with Crippen molar-refractivity contribution in [2.45, 2.75) is 0 Å². The van der Waals surface area contributed by atoms with Crippen molar-refractivity contribution in [3.8, 4) is 11.8 Å². The lowest BCUT2D eigenvalue weighted by molar-refractivity contribution is -0.112. The number of para-hydroxylation sites is 1. The van der Waals surface area contributed by atoms with E-state index in [-0.39, 0.29) is 0 Å². The van der Waals surface area contributed by atoms with E-state index >= 15 is 0 Å². The van der Waals surface area contributed by atoms with Gasteiger partial charge >= 0.3 is 0 Å². The highest BCUT2D eigenvalue weighted by Crippen LogP contribution is 2.26. The Morgan fingerprint density at radius 1 is 1.33 bits per heavy atom. The van der Waals surface area contributed by atoms with Crippen molar-refractivity contribution in [3.63, 3.8) is 0 Å². The minimum atomic E-state index is -0.585. The molecule has 1 heterocycles. The summed E-state index contributed by atoms with van der Waals surface area (Å²) in [4.78, 5) is 22.5. The molecule has 1 aromatic carbocycles. The average molecular weight is 264 g/mol. The van der Waals surface area contributed by atoms with Gasteiger partial charge in [0.15, 0.2) is 0 Å². The molecule has 1 aliphatic rings. The van der Waals surface area contributed by atoms with Crippen molar-refractivity contribution in [2.24, 2.45) is 0 Å². The molecule has 0 aromatic heterocycles. The van der Waals surface area contributed by atoms with Crippen molar-refractivity contribution in [1.29, 1.82) is 0 Å². The third kappa shape index (κ3) is 1.66. The highest BCUT2D eigenvalue weighted by atomic mass is 79.9. The van der Waals surface area contributed by atoms with Crippen LogP contribution in [0.2, 0.25) is 0 Å². The molecule has 15 heavy (non-hydrogen) atoms. The van der Waals surface area contributed by atoms with Crippen molar-refractivity contribution >= 4 is 33.3 Å². The molecule has 0 saturated heterocycles. The molecule has 1 N–H and O–H groups in total. The average Bonchev–Trinajstić information content (AvgIpc) is 2.53. The van der Waals surface area contributed by atoms with Crippen molar-refractivity contribution in [3.05, 3.63) is 29.3 Å². The number of carbonyl (C=O) groups excluding carboxylic acids is 2. The molecule has 0 atom stereocenters. The molecule has 0 fully saturated rings. The van der Waals surface area contributed by atoms with Crippen LogP contribution in [0, 0.1) is 11.8 Å². The van der Waals surface area contributed by atoms with Gasteiger partial charge in [-0.05, 0) is 12.1 Å². The van der Waals surface area contributed by atoms with Gasteiger partial charge in [-0.25, -0.2) is 0 Å². The molecule has 0 radical (unpaired) electrons. The zero-order valence-corrected chi connectivity index (χ0v) is 9.22. The summed E-state index contributed by atoms with van der Waals surface area (Å²) in [6.07, 6.45) is 0. The number of ketones is 1. The summed E-state index contributed by atoms with van der Waals surface area (Å²) in [5.74, 6) is 4.62. The van der Waals surface area contributed by atoms with Crippen LogP contribution in [-0.4, -0.2) is 17.0 Å². The highest BCUT2D eigenvalue weighted by molar-refractivity contribution is 9.09. The van der Waals surface area contributed by atoms with E-state index in [9.17, 15) is 9.59 Å². The maximum absolute atomic E-state index is 11.4. The minimum Gasteiger partial charge on any atom is -0.317 e. The number of halogens is 1. The van der Waals surface area contributed by atoms with Crippen LogP contribution >= 0.6 is 15.9 Å². The molecule has 0 unspecified atom stereocenters. The Balaban J connectivity index is 2.54. The highest BCUT2D eigenvalue weighted by Gasteiger charge is 2.29. The fraction of sp³-hybridized carbons (Fsp3) is 0.0909. The Morgan fingerprint density at radius 3 is 2.87 bits per heavy atom. The molecule has 1 aliphatic heterocycles. The summed E-state index contributed by atoms with van der Waals surface area (Å²) in [5, 5.41) is 3.07. The van der Waals surface area contributed by atoms with Crippen molar-refractivity contribution < 1.29 is 9.59 Å². The van der Waals surface area contributed by atoms with Crippen LogP contribution in [0.25, 0.3) is 0 Å². The van der Waals surface area contributed by atoms with Gasteiger partial charge in [-0.3, -0.25) is 9.59 Å². The number of fused-ring (bicyclic) bond motifs is 1. The first kappa shape index (κ1) is 9.94. The SMILES string of the molecule is O=C1Nc2c(C#CCBr)cccc2C1=O. The number of benzene rings is 1. The summed E-state index contributed by atoms with van der Waals surface area (Å²) in [6, 6.07) is 5.11. The largest absolute Gasteiger partial charge is 0.317 e. The molecule has 0 bridgehead atoms. The number of amides is 1. The van der Waals surface area contributed by atoms with E-state index in [1.165, 1.54) is 0 Å². The van der Waals surface area contributed by atoms with Crippen LogP contribution in [0.1, 0.15) is 15.9 Å². The van der Waals surface area contributed by atoms with E-state index in [4.69, 9.17) is 0 Å². The normalized spacial score (nSPS) is 12.9. The van der Waals surface area contributed by atoms with Crippen LogP contribution < -0.4 is 5.32 Å². The van der Waals surface area contributed by atoms with Gasteiger partial charge in [-0.1, -0.05) is 33.8 Å². The Labute approximate surface area is 95.0 Å². The minimum absolute atomic E-state index is 0.404. The lowest BCUT2D eigenvalue weighted by Crippen LogP contribution is -2.12. The van der Waals surface area contributed by atoms with Crippen LogP contribution in [0.15, 0.2) is 18.2 Å². The van der Waals surface area contributed by atoms with Gasteiger partial charge in [0.2, 0.25) is 0 Å². The number of Topliss-reactive ketones (excluding diaryl/α,β-unsaturated/α-hetero) is 1. The molecule has 4 heteroatoms. The third-order valence-corrected chi connectivity index (χ3v) is 2.32. The molecule has 1 amide bonds. The zero-order chi connectivity index (χ0) is 10.8. The van der Waals surface area contributed by atoms with Crippen LogP contribution in [-0.2, 0) is 4.79 Å². The summed E-state index contributed by atoms with van der Waals surface area (Å²) in [6.45, 7) is 0. The predicted molar refractivity (Wildman–Crippen MR) is 60.1 cm³/mol. The Morgan fingerprint density at radius 2 is 2.13 bits per heavy atom. The topological polar surface area (TPSA) is 46.2 Å². The van der Waals surface area contributed by atoms with Crippen LogP contribution in [0.4, 0.5) is 5.69 Å². The van der Waals surface area contributed by atoms with Crippen molar-refractivity contribution in [2.75, 3.05) is 10.6 Å². The van der Waals surface area contributed by atoms with Gasteiger partial charge in [-0.15, -0.1) is 0 Å². The molecular weight excluding hydrogens is 258 g/mol. The van der Waals surface area contributed by atoms with Gasteiger partial charge in [0.05, 0.1) is 16.6 Å². The third-order valence-electron chi connectivity index (χ3n) is 2.04. The molecule has 74 valence electrons. The number of hydrogen-bond donors (Lipinski definition) is 1. The molecule has 3 nitrogen and oxygen atoms in total. The van der Waals surface area contributed by atoms with Crippen LogP contribution in [0.3, 0.4) is 0 Å². The first-order valence-electron chi connectivity index (χ1n) is 4.27. The quantitative estimate of drug-likeness (QED) is 0.439. The van der Waals surface area contributed by atoms with E-state index in [1.54, 1.807) is 18.2 Å². The zero-order valence-electron chi connectivity index (χ0n) is 7.63. The second kappa shape index (κ2) is 3.87. The van der Waals surface area contributed by atoms with E-state index in [2.05, 4.69) is 33.1 Å². The summed E-state index contributed by atoms with van der Waals surface area (Å²) >= 11 is 3.18. The van der Waals surface area contributed by atoms with E-state index in [0.29, 0.717) is 22.1 Å². The molecule has 0 aliphatic carbocycles. The lowest BCUT2D eigenvalue weighted by atomic mass is 10.1. The number of rotatable bonds is 0. The van der Waals surface area contributed by atoms with Gasteiger partial charge in [0.1, 0.15) is 0 Å². The molecule has 0 saturated carbocycles. The van der Waals surface area contributed by atoms with Gasteiger partial charge in [0.25, 0.3) is 11.7 Å². The smallest absolute Gasteiger partial charge is 0.296 e. The number of nitrogens with one attached hydrogen (secondary N) is 1. The Hall–Kier alpha value is -1.60. The summed E-state index contributed by atoms with van der Waals surface area (Å²) in [7, 11) is 0. The van der Waals surface area contributed by atoms with Crippen LogP contribution in [0.5, 0.6) is 0 Å². The molecular formula is C11H6BrNO2. The Kier molecular flexibility index (Phi) is 2.57. The molecule has 0 spiro atoms. The maximum atomic E-state index is 11.4.